The lowest BCUT2D eigenvalue weighted by atomic mass is 10.1. The fourth-order valence-electron chi connectivity index (χ4n) is 2.12. The molecule has 2 fully saturated rings. The van der Waals surface area contributed by atoms with E-state index in [0.29, 0.717) is 6.04 Å². The highest BCUT2D eigenvalue weighted by Crippen LogP contribution is 2.33. The summed E-state index contributed by atoms with van der Waals surface area (Å²) in [6.07, 6.45) is 4.61. The predicted octanol–water partition coefficient (Wildman–Crippen LogP) is 0.0487. The number of hydrogen-bond donors (Lipinski definition) is 1. The maximum atomic E-state index is 11.0. The van der Waals surface area contributed by atoms with Crippen LogP contribution >= 0.6 is 0 Å². The summed E-state index contributed by atoms with van der Waals surface area (Å²) in [6, 6.07) is 0.717. The first-order valence-corrected chi connectivity index (χ1v) is 7.24. The van der Waals surface area contributed by atoms with E-state index in [1.165, 1.54) is 19.4 Å². The second kappa shape index (κ2) is 4.73. The van der Waals surface area contributed by atoms with E-state index in [1.807, 2.05) is 0 Å². The maximum Gasteiger partial charge on any atom is 0.0359 e. The summed E-state index contributed by atoms with van der Waals surface area (Å²) in [5.41, 5.74) is 0. The standard InChI is InChI=1S/C10H20N2OS/c1-14(13)7-6-12-5-4-11-10(8-12)9-2-3-9/h9-11H,2-8H2,1H3. The monoisotopic (exact) mass is 216 g/mol. The molecule has 14 heavy (non-hydrogen) atoms. The van der Waals surface area contributed by atoms with Crippen LogP contribution in [0.15, 0.2) is 0 Å². The van der Waals surface area contributed by atoms with Gasteiger partial charge in [-0.15, -0.1) is 0 Å². The molecule has 3 nitrogen and oxygen atoms in total. The minimum atomic E-state index is -0.636. The third kappa shape index (κ3) is 3.04. The summed E-state index contributed by atoms with van der Waals surface area (Å²) in [5.74, 6) is 1.77. The molecule has 0 bridgehead atoms. The van der Waals surface area contributed by atoms with Crippen LogP contribution in [0.1, 0.15) is 12.8 Å². The molecule has 1 saturated carbocycles. The van der Waals surface area contributed by atoms with Gasteiger partial charge in [0.1, 0.15) is 0 Å². The minimum absolute atomic E-state index is 0.636. The van der Waals surface area contributed by atoms with Crippen LogP contribution in [0.5, 0.6) is 0 Å². The van der Waals surface area contributed by atoms with Gasteiger partial charge in [0.25, 0.3) is 0 Å². The van der Waals surface area contributed by atoms with Crippen molar-refractivity contribution in [2.45, 2.75) is 18.9 Å². The van der Waals surface area contributed by atoms with E-state index >= 15 is 0 Å². The molecule has 2 rings (SSSR count). The Morgan fingerprint density at radius 3 is 2.93 bits per heavy atom. The van der Waals surface area contributed by atoms with Crippen molar-refractivity contribution in [2.24, 2.45) is 5.92 Å². The van der Waals surface area contributed by atoms with Gasteiger partial charge in [0.05, 0.1) is 0 Å². The van der Waals surface area contributed by atoms with Gasteiger partial charge in [-0.05, 0) is 18.8 Å². The van der Waals surface area contributed by atoms with Gasteiger partial charge in [-0.2, -0.15) is 0 Å². The van der Waals surface area contributed by atoms with Gasteiger partial charge in [0.2, 0.25) is 0 Å². The second-order valence-corrected chi connectivity index (χ2v) is 6.03. The van der Waals surface area contributed by atoms with E-state index in [2.05, 4.69) is 10.2 Å². The molecule has 1 aliphatic heterocycles. The zero-order valence-corrected chi connectivity index (χ0v) is 9.68. The van der Waals surface area contributed by atoms with Gasteiger partial charge >= 0.3 is 0 Å². The van der Waals surface area contributed by atoms with E-state index in [9.17, 15) is 4.21 Å². The Hall–Kier alpha value is 0.0700. The van der Waals surface area contributed by atoms with E-state index < -0.39 is 10.8 Å². The highest BCUT2D eigenvalue weighted by atomic mass is 32.2. The zero-order chi connectivity index (χ0) is 9.97. The molecule has 2 atom stereocenters. The number of hydrogen-bond acceptors (Lipinski definition) is 3. The highest BCUT2D eigenvalue weighted by molar-refractivity contribution is 7.84. The van der Waals surface area contributed by atoms with Crippen LogP contribution in [0, 0.1) is 5.92 Å². The molecular weight excluding hydrogens is 196 g/mol. The smallest absolute Gasteiger partial charge is 0.0359 e. The summed E-state index contributed by atoms with van der Waals surface area (Å²) in [6.45, 7) is 4.41. The molecule has 0 spiro atoms. The molecule has 1 aliphatic carbocycles. The summed E-state index contributed by atoms with van der Waals surface area (Å²) < 4.78 is 11.0. The van der Waals surface area contributed by atoms with E-state index in [1.54, 1.807) is 6.26 Å². The SMILES string of the molecule is CS(=O)CCN1CCNC(C2CC2)C1. The van der Waals surface area contributed by atoms with Crippen molar-refractivity contribution >= 4 is 10.8 Å². The molecule has 0 aromatic carbocycles. The van der Waals surface area contributed by atoms with Crippen LogP contribution in [0.4, 0.5) is 0 Å². The van der Waals surface area contributed by atoms with Gasteiger partial charge < -0.3 is 5.32 Å². The molecule has 1 saturated heterocycles. The van der Waals surface area contributed by atoms with Crippen molar-refractivity contribution in [3.05, 3.63) is 0 Å². The average Bonchev–Trinajstić information content (AvgIpc) is 2.98. The third-order valence-corrected chi connectivity index (χ3v) is 3.93. The predicted molar refractivity (Wildman–Crippen MR) is 59.9 cm³/mol. The molecule has 4 heteroatoms. The van der Waals surface area contributed by atoms with Crippen molar-refractivity contribution in [3.8, 4) is 0 Å². The first kappa shape index (κ1) is 10.6. The molecule has 0 aromatic rings. The van der Waals surface area contributed by atoms with Crippen molar-refractivity contribution < 1.29 is 4.21 Å². The van der Waals surface area contributed by atoms with Gasteiger partial charge in [0.15, 0.2) is 0 Å². The normalized spacial score (nSPS) is 31.6. The Bertz CT molecular complexity index is 218. The summed E-state index contributed by atoms with van der Waals surface area (Å²) >= 11 is 0. The van der Waals surface area contributed by atoms with Gasteiger partial charge in [-0.3, -0.25) is 9.11 Å². The molecule has 0 radical (unpaired) electrons. The van der Waals surface area contributed by atoms with Gasteiger partial charge in [0, 0.05) is 55.0 Å². The van der Waals surface area contributed by atoms with E-state index in [-0.39, 0.29) is 0 Å². The molecule has 2 aliphatic rings. The summed E-state index contributed by atoms with van der Waals surface area (Å²) in [5, 5.41) is 3.58. The molecular formula is C10H20N2OS. The van der Waals surface area contributed by atoms with Crippen molar-refractivity contribution in [1.29, 1.82) is 0 Å². The largest absolute Gasteiger partial charge is 0.311 e. The molecule has 0 aromatic heterocycles. The molecule has 82 valence electrons. The van der Waals surface area contributed by atoms with Crippen molar-refractivity contribution in [2.75, 3.05) is 38.2 Å². The second-order valence-electron chi connectivity index (χ2n) is 4.48. The Balaban J connectivity index is 1.72. The fraction of sp³-hybridized carbons (Fsp3) is 1.00. The fourth-order valence-corrected chi connectivity index (χ4v) is 2.63. The first-order valence-electron chi connectivity index (χ1n) is 5.51. The number of rotatable bonds is 4. The molecule has 1 N–H and O–H groups in total. The van der Waals surface area contributed by atoms with Crippen LogP contribution in [0.2, 0.25) is 0 Å². The Morgan fingerprint density at radius 2 is 2.29 bits per heavy atom. The molecule has 1 heterocycles. The third-order valence-electron chi connectivity index (χ3n) is 3.18. The van der Waals surface area contributed by atoms with Gasteiger partial charge in [-0.1, -0.05) is 0 Å². The number of piperazine rings is 1. The lowest BCUT2D eigenvalue weighted by Gasteiger charge is -2.33. The van der Waals surface area contributed by atoms with Crippen LogP contribution in [0.25, 0.3) is 0 Å². The lowest BCUT2D eigenvalue weighted by molar-refractivity contribution is 0.198. The average molecular weight is 216 g/mol. The van der Waals surface area contributed by atoms with Crippen molar-refractivity contribution in [1.82, 2.24) is 10.2 Å². The highest BCUT2D eigenvalue weighted by Gasteiger charge is 2.33. The van der Waals surface area contributed by atoms with Crippen LogP contribution in [-0.4, -0.2) is 53.3 Å². The van der Waals surface area contributed by atoms with Crippen LogP contribution < -0.4 is 5.32 Å². The van der Waals surface area contributed by atoms with Crippen LogP contribution in [-0.2, 0) is 10.8 Å². The first-order chi connectivity index (χ1) is 6.75. The molecule has 0 amide bonds. The zero-order valence-electron chi connectivity index (χ0n) is 8.87. The van der Waals surface area contributed by atoms with E-state index in [0.717, 1.165) is 31.3 Å². The van der Waals surface area contributed by atoms with Crippen molar-refractivity contribution in [3.63, 3.8) is 0 Å². The minimum Gasteiger partial charge on any atom is -0.311 e. The Kier molecular flexibility index (Phi) is 3.57. The lowest BCUT2D eigenvalue weighted by Crippen LogP contribution is -2.52. The van der Waals surface area contributed by atoms with Crippen LogP contribution in [0.3, 0.4) is 0 Å². The maximum absolute atomic E-state index is 11.0. The topological polar surface area (TPSA) is 32.3 Å². The Labute approximate surface area is 88.7 Å². The summed E-state index contributed by atoms with van der Waals surface area (Å²) in [7, 11) is -0.636. The number of nitrogens with zero attached hydrogens (tertiary/aromatic N) is 1. The quantitative estimate of drug-likeness (QED) is 0.721. The van der Waals surface area contributed by atoms with E-state index in [4.69, 9.17) is 0 Å². The van der Waals surface area contributed by atoms with Gasteiger partial charge in [-0.25, -0.2) is 0 Å². The number of nitrogens with one attached hydrogen (secondary N) is 1. The Morgan fingerprint density at radius 1 is 1.50 bits per heavy atom. The summed E-state index contributed by atoms with van der Waals surface area (Å²) in [4.78, 5) is 2.46. The molecule has 2 unspecified atom stereocenters.